The number of Topliss-reactive ketones (excluding diaryl/α,β-unsaturated/α-hetero) is 1. The van der Waals surface area contributed by atoms with E-state index < -0.39 is 34.9 Å². The summed E-state index contributed by atoms with van der Waals surface area (Å²) >= 11 is 0. The first-order valence-electron chi connectivity index (χ1n) is 10.2. The van der Waals surface area contributed by atoms with Crippen LogP contribution in [0.5, 0.6) is 5.75 Å². The molecular weight excluding hydrogens is 419 g/mol. The van der Waals surface area contributed by atoms with Crippen LogP contribution in [0.1, 0.15) is 47.2 Å². The topological polar surface area (TPSA) is 113 Å². The van der Waals surface area contributed by atoms with Gasteiger partial charge in [-0.15, -0.1) is 0 Å². The number of rotatable bonds is 5. The van der Waals surface area contributed by atoms with Crippen LogP contribution in [0.25, 0.3) is 0 Å². The van der Waals surface area contributed by atoms with Gasteiger partial charge in [0.25, 0.3) is 5.56 Å². The molecule has 1 aliphatic rings. The predicted octanol–water partition coefficient (Wildman–Crippen LogP) is 1.19. The van der Waals surface area contributed by atoms with Gasteiger partial charge in [0.2, 0.25) is 5.75 Å². The third-order valence-electron chi connectivity index (χ3n) is 5.52. The summed E-state index contributed by atoms with van der Waals surface area (Å²) in [4.78, 5) is 56.9. The molecule has 9 nitrogen and oxygen atoms in total. The van der Waals surface area contributed by atoms with Gasteiger partial charge in [0, 0.05) is 34.1 Å². The van der Waals surface area contributed by atoms with Gasteiger partial charge < -0.3 is 14.9 Å². The number of likely N-dealkylation sites (tertiary alicyclic amines) is 1. The van der Waals surface area contributed by atoms with E-state index in [1.807, 2.05) is 0 Å². The Morgan fingerprint density at radius 2 is 1.88 bits per heavy atom. The average molecular weight is 444 g/mol. The fourth-order valence-electron chi connectivity index (χ4n) is 3.72. The smallest absolute Gasteiger partial charge is 0.312 e. The van der Waals surface area contributed by atoms with Crippen molar-refractivity contribution in [3.63, 3.8) is 0 Å². The van der Waals surface area contributed by atoms with Crippen LogP contribution in [-0.4, -0.2) is 62.7 Å². The van der Waals surface area contributed by atoms with Gasteiger partial charge in [-0.3, -0.25) is 23.7 Å². The molecule has 0 saturated carbocycles. The minimum atomic E-state index is -0.807. The van der Waals surface area contributed by atoms with Crippen molar-refractivity contribution in [1.82, 2.24) is 19.4 Å². The summed E-state index contributed by atoms with van der Waals surface area (Å²) < 4.78 is 14.2. The van der Waals surface area contributed by atoms with Crippen molar-refractivity contribution < 1.29 is 23.9 Å². The number of ketones is 1. The lowest BCUT2D eigenvalue weighted by Crippen LogP contribution is -2.43. The van der Waals surface area contributed by atoms with Crippen molar-refractivity contribution in [3.8, 4) is 5.75 Å². The van der Waals surface area contributed by atoms with E-state index in [9.17, 15) is 28.7 Å². The molecule has 3 rings (SSSR count). The number of carbonyl (C=O) groups excluding carboxylic acids is 3. The molecule has 170 valence electrons. The number of carbonyl (C=O) groups is 3. The fourth-order valence-corrected chi connectivity index (χ4v) is 3.72. The summed E-state index contributed by atoms with van der Waals surface area (Å²) in [5.74, 6) is -2.98. The number of aromatic nitrogens is 2. The van der Waals surface area contributed by atoms with Crippen LogP contribution in [0.3, 0.4) is 0 Å². The van der Waals surface area contributed by atoms with Crippen LogP contribution < -0.4 is 5.56 Å². The van der Waals surface area contributed by atoms with Crippen LogP contribution in [-0.2, 0) is 23.1 Å². The lowest BCUT2D eigenvalue weighted by molar-refractivity contribution is -0.151. The number of aromatic hydroxyl groups is 1. The molecule has 2 aromatic rings. The first kappa shape index (κ1) is 23.1. The van der Waals surface area contributed by atoms with Gasteiger partial charge in [-0.2, -0.15) is 0 Å². The van der Waals surface area contributed by atoms with Crippen LogP contribution in [0.2, 0.25) is 0 Å². The van der Waals surface area contributed by atoms with E-state index in [0.29, 0.717) is 19.4 Å². The number of hydrogen-bond acceptors (Lipinski definition) is 6. The Morgan fingerprint density at radius 3 is 2.50 bits per heavy atom. The first-order valence-corrected chi connectivity index (χ1v) is 10.2. The predicted molar refractivity (Wildman–Crippen MR) is 113 cm³/mol. The van der Waals surface area contributed by atoms with Gasteiger partial charge in [-0.1, -0.05) is 12.1 Å². The lowest BCUT2D eigenvalue weighted by atomic mass is 10.1. The van der Waals surface area contributed by atoms with E-state index in [1.54, 1.807) is 12.1 Å². The molecule has 0 spiro atoms. The summed E-state index contributed by atoms with van der Waals surface area (Å²) in [5, 5.41) is 10.3. The SMILES string of the molecule is CN(C)C(=O)C(=O)N1CCC[C@H]1c1nc(C(=O)CCc2ccc(F)cc2)c(O)c(=O)n1C. The Morgan fingerprint density at radius 1 is 1.22 bits per heavy atom. The molecule has 1 saturated heterocycles. The highest BCUT2D eigenvalue weighted by Gasteiger charge is 2.37. The largest absolute Gasteiger partial charge is 0.501 e. The summed E-state index contributed by atoms with van der Waals surface area (Å²) in [5.41, 5.74) is -0.458. The second-order valence-electron chi connectivity index (χ2n) is 7.94. The standard InChI is InChI=1S/C22H25FN4O5/c1-25(2)21(31)22(32)27-12-4-5-15(27)19-24-17(18(29)20(30)26(19)3)16(28)11-8-13-6-9-14(23)10-7-13/h6-7,9-10,15,29H,4-5,8,11-12H2,1-3H3/t15-/m0/s1. The molecule has 1 aromatic heterocycles. The van der Waals surface area contributed by atoms with Gasteiger partial charge in [0.05, 0.1) is 6.04 Å². The second kappa shape index (κ2) is 9.29. The molecule has 1 fully saturated rings. The minimum absolute atomic E-state index is 0.0504. The number of likely N-dealkylation sites (N-methyl/N-ethyl adjacent to an activating group) is 1. The zero-order chi connectivity index (χ0) is 23.6. The van der Waals surface area contributed by atoms with Gasteiger partial charge >= 0.3 is 11.8 Å². The summed E-state index contributed by atoms with van der Waals surface area (Å²) in [6, 6.07) is 5.00. The zero-order valence-electron chi connectivity index (χ0n) is 18.2. The normalized spacial score (nSPS) is 15.6. The van der Waals surface area contributed by atoms with Crippen LogP contribution in [0.15, 0.2) is 29.1 Å². The van der Waals surface area contributed by atoms with E-state index >= 15 is 0 Å². The molecule has 1 aromatic carbocycles. The maximum atomic E-state index is 13.1. The lowest BCUT2D eigenvalue weighted by Gasteiger charge is -2.26. The second-order valence-corrected chi connectivity index (χ2v) is 7.94. The molecule has 1 atom stereocenters. The number of nitrogens with zero attached hydrogens (tertiary/aromatic N) is 4. The van der Waals surface area contributed by atoms with Crippen LogP contribution >= 0.6 is 0 Å². The highest BCUT2D eigenvalue weighted by Crippen LogP contribution is 2.31. The van der Waals surface area contributed by atoms with Gasteiger partial charge in [0.1, 0.15) is 11.6 Å². The molecule has 0 unspecified atom stereocenters. The quantitative estimate of drug-likeness (QED) is 0.548. The molecular formula is C22H25FN4O5. The molecule has 1 N–H and O–H groups in total. The maximum absolute atomic E-state index is 13.1. The number of hydrogen-bond donors (Lipinski definition) is 1. The number of halogens is 1. The van der Waals surface area contributed by atoms with Crippen molar-refractivity contribution in [2.75, 3.05) is 20.6 Å². The van der Waals surface area contributed by atoms with E-state index in [0.717, 1.165) is 10.1 Å². The molecule has 2 heterocycles. The van der Waals surface area contributed by atoms with Crippen molar-refractivity contribution in [3.05, 3.63) is 57.5 Å². The third kappa shape index (κ3) is 4.53. The molecule has 10 heteroatoms. The Bertz CT molecular complexity index is 1110. The van der Waals surface area contributed by atoms with E-state index in [1.165, 1.54) is 43.1 Å². The fraction of sp³-hybridized carbons (Fsp3) is 0.409. The minimum Gasteiger partial charge on any atom is -0.501 e. The van der Waals surface area contributed by atoms with Gasteiger partial charge in [0.15, 0.2) is 11.5 Å². The van der Waals surface area contributed by atoms with Crippen molar-refractivity contribution in [1.29, 1.82) is 0 Å². The van der Waals surface area contributed by atoms with Crippen LogP contribution in [0.4, 0.5) is 4.39 Å². The summed E-state index contributed by atoms with van der Waals surface area (Å²) in [6.07, 6.45) is 1.28. The molecule has 0 radical (unpaired) electrons. The molecule has 1 aliphatic heterocycles. The molecule has 32 heavy (non-hydrogen) atoms. The Labute approximate surface area is 184 Å². The Kier molecular flexibility index (Phi) is 6.71. The van der Waals surface area contributed by atoms with Crippen molar-refractivity contribution >= 4 is 17.6 Å². The van der Waals surface area contributed by atoms with E-state index in [4.69, 9.17) is 0 Å². The third-order valence-corrected chi connectivity index (χ3v) is 5.52. The van der Waals surface area contributed by atoms with E-state index in [-0.39, 0.29) is 30.2 Å². The van der Waals surface area contributed by atoms with E-state index in [2.05, 4.69) is 4.98 Å². The van der Waals surface area contributed by atoms with Gasteiger partial charge in [-0.25, -0.2) is 9.37 Å². The maximum Gasteiger partial charge on any atom is 0.312 e. The van der Waals surface area contributed by atoms with Gasteiger partial charge in [-0.05, 0) is 37.0 Å². The number of aryl methyl sites for hydroxylation is 1. The summed E-state index contributed by atoms with van der Waals surface area (Å²) in [6.45, 7) is 0.313. The average Bonchev–Trinajstić information content (AvgIpc) is 3.25. The molecule has 2 amide bonds. The highest BCUT2D eigenvalue weighted by atomic mass is 19.1. The number of amides is 2. The zero-order valence-corrected chi connectivity index (χ0v) is 18.2. The first-order chi connectivity index (χ1) is 15.1. The molecule has 0 aliphatic carbocycles. The van der Waals surface area contributed by atoms with Crippen molar-refractivity contribution in [2.45, 2.75) is 31.7 Å². The highest BCUT2D eigenvalue weighted by molar-refractivity contribution is 6.34. The monoisotopic (exact) mass is 444 g/mol. The van der Waals surface area contributed by atoms with Crippen molar-refractivity contribution in [2.24, 2.45) is 7.05 Å². The number of benzene rings is 1. The molecule has 0 bridgehead atoms. The van der Waals surface area contributed by atoms with Crippen LogP contribution in [0, 0.1) is 5.82 Å². The Hall–Kier alpha value is -3.56. The summed E-state index contributed by atoms with van der Waals surface area (Å²) in [7, 11) is 4.33. The Balaban J connectivity index is 1.90.